The molecule has 0 bridgehead atoms. The highest BCUT2D eigenvalue weighted by Gasteiger charge is 2.08. The molecule has 0 aliphatic carbocycles. The minimum Gasteiger partial charge on any atom is -0.370 e. The lowest BCUT2D eigenvalue weighted by Crippen LogP contribution is -1.60. The lowest BCUT2D eigenvalue weighted by atomic mass is 10.7. The van der Waals surface area contributed by atoms with Gasteiger partial charge in [-0.2, -0.15) is 0 Å². The average Bonchev–Trinajstić information content (AvgIpc) is 2.30. The first-order chi connectivity index (χ1) is 4.77. The molecule has 0 fully saturated rings. The van der Waals surface area contributed by atoms with Gasteiger partial charge in [0.1, 0.15) is 0 Å². The number of thiazole rings is 1. The highest BCUT2D eigenvalue weighted by atomic mass is 32.1. The Kier molecular flexibility index (Phi) is 1.66. The van der Waals surface area contributed by atoms with Gasteiger partial charge in [-0.05, 0) is 0 Å². The maximum absolute atomic E-state index is 6.65. The molecule has 0 amide bonds. The van der Waals surface area contributed by atoms with E-state index in [4.69, 9.17) is 13.1 Å². The molecule has 0 aromatic carbocycles. The normalized spacial score (nSPS) is 8.30. The lowest BCUT2D eigenvalue weighted by Gasteiger charge is -1.75. The van der Waals surface area contributed by atoms with Gasteiger partial charge in [0.25, 0.3) is 10.8 Å². The third-order valence-electron chi connectivity index (χ3n) is 0.906. The maximum Gasteiger partial charge on any atom is 0.286 e. The summed E-state index contributed by atoms with van der Waals surface area (Å²) < 4.78 is 0. The van der Waals surface area contributed by atoms with Crippen molar-refractivity contribution in [1.29, 1.82) is 0 Å². The summed E-state index contributed by atoms with van der Waals surface area (Å²) in [6.45, 7) is 15.1. The van der Waals surface area contributed by atoms with Crippen LogP contribution in [-0.4, -0.2) is 4.98 Å². The van der Waals surface area contributed by atoms with Crippen LogP contribution in [0.2, 0.25) is 0 Å². The van der Waals surface area contributed by atoms with Gasteiger partial charge in [-0.25, -0.2) is 4.85 Å². The highest BCUT2D eigenvalue weighted by molar-refractivity contribution is 7.16. The fourth-order valence-electron chi connectivity index (χ4n) is 0.551. The van der Waals surface area contributed by atoms with E-state index in [2.05, 4.69) is 14.7 Å². The SMILES string of the molecule is [C-]#[N+]c1nc(C)sc1[N+]#[C-]. The maximum atomic E-state index is 6.65. The van der Waals surface area contributed by atoms with E-state index in [-0.39, 0.29) is 5.82 Å². The molecule has 48 valence electrons. The molecule has 0 spiro atoms. The first-order valence-corrected chi connectivity index (χ1v) is 3.32. The molecule has 0 radical (unpaired) electrons. The Hall–Kier alpha value is -1.39. The van der Waals surface area contributed by atoms with Gasteiger partial charge in [0.05, 0.1) is 6.57 Å². The van der Waals surface area contributed by atoms with Crippen LogP contribution in [0.1, 0.15) is 5.01 Å². The molecule has 1 heterocycles. The number of aryl methyl sites for hydroxylation is 1. The number of hydrogen-bond donors (Lipinski definition) is 0. The van der Waals surface area contributed by atoms with Gasteiger partial charge >= 0.3 is 0 Å². The van der Waals surface area contributed by atoms with Crippen molar-refractivity contribution in [3.8, 4) is 0 Å². The van der Waals surface area contributed by atoms with Crippen molar-refractivity contribution in [2.24, 2.45) is 0 Å². The van der Waals surface area contributed by atoms with Crippen molar-refractivity contribution in [1.82, 2.24) is 4.98 Å². The molecular formula is C6H3N3S. The Morgan fingerprint density at radius 3 is 2.50 bits per heavy atom. The Bertz CT molecular complexity index is 294. The third kappa shape index (κ3) is 0.975. The highest BCUT2D eigenvalue weighted by Crippen LogP contribution is 2.33. The monoisotopic (exact) mass is 149 g/mol. The quantitative estimate of drug-likeness (QED) is 0.519. The van der Waals surface area contributed by atoms with Crippen molar-refractivity contribution in [3.05, 3.63) is 27.8 Å². The van der Waals surface area contributed by atoms with Crippen LogP contribution < -0.4 is 0 Å². The van der Waals surface area contributed by atoms with E-state index >= 15 is 0 Å². The molecule has 0 aliphatic rings. The van der Waals surface area contributed by atoms with Crippen LogP contribution in [-0.2, 0) is 0 Å². The summed E-state index contributed by atoms with van der Waals surface area (Å²) in [4.78, 5) is 10.1. The van der Waals surface area contributed by atoms with Gasteiger partial charge in [0.2, 0.25) is 0 Å². The predicted octanol–water partition coefficient (Wildman–Crippen LogP) is 2.55. The standard InChI is InChI=1S/C6H3N3S/c1-4-9-5(7-2)6(8-3)10-4/h1H3. The topological polar surface area (TPSA) is 21.6 Å². The second kappa shape index (κ2) is 2.47. The van der Waals surface area contributed by atoms with Crippen molar-refractivity contribution in [2.75, 3.05) is 0 Å². The van der Waals surface area contributed by atoms with E-state index in [0.29, 0.717) is 5.00 Å². The summed E-state index contributed by atoms with van der Waals surface area (Å²) in [7, 11) is 0. The molecule has 10 heavy (non-hydrogen) atoms. The zero-order chi connectivity index (χ0) is 7.56. The van der Waals surface area contributed by atoms with Crippen LogP contribution in [0.5, 0.6) is 0 Å². The van der Waals surface area contributed by atoms with Crippen LogP contribution in [0.3, 0.4) is 0 Å². The van der Waals surface area contributed by atoms with E-state index < -0.39 is 0 Å². The molecule has 1 aromatic heterocycles. The summed E-state index contributed by atoms with van der Waals surface area (Å²) in [5.41, 5.74) is 0. The summed E-state index contributed by atoms with van der Waals surface area (Å²) in [6.07, 6.45) is 0. The van der Waals surface area contributed by atoms with Gasteiger partial charge in [0.15, 0.2) is 5.01 Å². The van der Waals surface area contributed by atoms with Crippen LogP contribution >= 0.6 is 11.3 Å². The second-order valence-electron chi connectivity index (χ2n) is 1.59. The molecule has 0 saturated carbocycles. The average molecular weight is 149 g/mol. The first-order valence-electron chi connectivity index (χ1n) is 2.50. The Morgan fingerprint density at radius 1 is 1.40 bits per heavy atom. The molecule has 0 atom stereocenters. The molecule has 0 N–H and O–H groups in total. The number of nitrogens with zero attached hydrogens (tertiary/aromatic N) is 3. The second-order valence-corrected chi connectivity index (χ2v) is 2.77. The first kappa shape index (κ1) is 6.73. The molecular weight excluding hydrogens is 146 g/mol. The number of aromatic nitrogens is 1. The predicted molar refractivity (Wildman–Crippen MR) is 39.4 cm³/mol. The third-order valence-corrected chi connectivity index (χ3v) is 1.76. The van der Waals surface area contributed by atoms with Crippen molar-refractivity contribution < 1.29 is 0 Å². The lowest BCUT2D eigenvalue weighted by molar-refractivity contribution is 1.32. The fraction of sp³-hybridized carbons (Fsp3) is 0.167. The minimum absolute atomic E-state index is 0.234. The number of hydrogen-bond acceptors (Lipinski definition) is 2. The molecule has 4 heteroatoms. The van der Waals surface area contributed by atoms with E-state index in [9.17, 15) is 0 Å². The van der Waals surface area contributed by atoms with Gasteiger partial charge < -0.3 is 4.85 Å². The fourth-order valence-corrected chi connectivity index (χ4v) is 1.19. The molecule has 0 unspecified atom stereocenters. The van der Waals surface area contributed by atoms with Gasteiger partial charge in [0, 0.05) is 6.92 Å². The zero-order valence-corrected chi connectivity index (χ0v) is 6.07. The molecule has 1 aromatic rings. The zero-order valence-electron chi connectivity index (χ0n) is 5.25. The molecule has 0 aliphatic heterocycles. The van der Waals surface area contributed by atoms with Gasteiger partial charge in [-0.3, -0.25) is 0 Å². The van der Waals surface area contributed by atoms with Crippen molar-refractivity contribution >= 4 is 22.2 Å². The Balaban J connectivity index is 3.28. The minimum atomic E-state index is 0.234. The largest absolute Gasteiger partial charge is 0.370 e. The Labute approximate surface area is 62.6 Å². The van der Waals surface area contributed by atoms with Crippen LogP contribution in [0.25, 0.3) is 9.69 Å². The van der Waals surface area contributed by atoms with Gasteiger partial charge in [-0.1, -0.05) is 6.57 Å². The van der Waals surface area contributed by atoms with E-state index in [0.717, 1.165) is 5.01 Å². The van der Waals surface area contributed by atoms with Crippen LogP contribution in [0, 0.1) is 20.1 Å². The molecule has 0 saturated heterocycles. The van der Waals surface area contributed by atoms with Crippen molar-refractivity contribution in [2.45, 2.75) is 6.92 Å². The van der Waals surface area contributed by atoms with Crippen LogP contribution in [0.15, 0.2) is 0 Å². The van der Waals surface area contributed by atoms with Crippen LogP contribution in [0.4, 0.5) is 10.8 Å². The Morgan fingerprint density at radius 2 is 2.10 bits per heavy atom. The summed E-state index contributed by atoms with van der Waals surface area (Å²) in [5.74, 6) is 0.234. The van der Waals surface area contributed by atoms with E-state index in [1.165, 1.54) is 11.3 Å². The van der Waals surface area contributed by atoms with E-state index in [1.807, 2.05) is 0 Å². The number of rotatable bonds is 0. The summed E-state index contributed by atoms with van der Waals surface area (Å²) in [5, 5.41) is 1.17. The molecule has 1 rings (SSSR count). The van der Waals surface area contributed by atoms with Gasteiger partial charge in [-0.15, -0.1) is 16.3 Å². The molecule has 3 nitrogen and oxygen atoms in total. The van der Waals surface area contributed by atoms with E-state index in [1.54, 1.807) is 6.92 Å². The summed E-state index contributed by atoms with van der Waals surface area (Å²) >= 11 is 1.26. The van der Waals surface area contributed by atoms with Crippen molar-refractivity contribution in [3.63, 3.8) is 0 Å². The smallest absolute Gasteiger partial charge is 0.286 e. The summed E-state index contributed by atoms with van der Waals surface area (Å²) in [6, 6.07) is 0.